The van der Waals surface area contributed by atoms with E-state index in [2.05, 4.69) is 106 Å². The first-order valence-corrected chi connectivity index (χ1v) is 45.0. The molecule has 0 heterocycles. The summed E-state index contributed by atoms with van der Waals surface area (Å²) in [6.45, 7) is 2.04. The third kappa shape index (κ3) is 55.3. The van der Waals surface area contributed by atoms with E-state index in [4.69, 9.17) is 77.7 Å². The maximum absolute atomic E-state index is 14.6. The lowest BCUT2D eigenvalue weighted by Gasteiger charge is -2.28. The molecule has 0 saturated heterocycles. The molecule has 0 unspecified atom stereocenters. The summed E-state index contributed by atoms with van der Waals surface area (Å²) in [7, 11) is 0. The summed E-state index contributed by atoms with van der Waals surface area (Å²) in [6, 6.07) is -3.15. The Bertz CT molecular complexity index is 4370. The highest BCUT2D eigenvalue weighted by Gasteiger charge is 2.38. The number of unbranched alkanes of at least 4 members (excludes halogenated alkanes) is 3. The molecule has 2 aromatic rings. The van der Waals surface area contributed by atoms with Crippen LogP contribution in [-0.4, -0.2) is 308 Å². The van der Waals surface area contributed by atoms with Crippen LogP contribution in [-0.2, 0) is 109 Å². The third-order valence-corrected chi connectivity index (χ3v) is 20.1. The lowest BCUT2D eigenvalue weighted by atomic mass is 10.0. The number of aliphatic hydroxyl groups is 2. The van der Waals surface area contributed by atoms with Crippen LogP contribution in [0.3, 0.4) is 0 Å². The molecular weight excluding hydrogens is 1830 g/mol. The summed E-state index contributed by atoms with van der Waals surface area (Å²) in [5.74, 6) is -20.9. The minimum atomic E-state index is -1.87. The van der Waals surface area contributed by atoms with E-state index in [1.165, 1.54) is 13.8 Å². The van der Waals surface area contributed by atoms with Crippen molar-refractivity contribution in [2.45, 2.75) is 241 Å². The van der Waals surface area contributed by atoms with Crippen LogP contribution < -0.4 is 158 Å². The van der Waals surface area contributed by atoms with E-state index in [1.807, 2.05) is 30.3 Å². The second-order valence-electron chi connectivity index (χ2n) is 32.0. The maximum Gasteiger partial charge on any atom is 0.300 e. The molecule has 0 radical (unpaired) electrons. The number of nitrogens with one attached hydrogen (secondary N) is 23. The van der Waals surface area contributed by atoms with Gasteiger partial charge in [-0.25, -0.2) is 0 Å². The van der Waals surface area contributed by atoms with Crippen LogP contribution in [0.5, 0.6) is 0 Å². The number of carboxylic acid groups (broad SMARTS) is 1. The molecule has 776 valence electrons. The minimum absolute atomic E-state index is 0.00457. The molecule has 0 bridgehead atoms. The zero-order valence-electron chi connectivity index (χ0n) is 78.5. The van der Waals surface area contributed by atoms with Gasteiger partial charge in [0.1, 0.15) is 78.5 Å². The summed E-state index contributed by atoms with van der Waals surface area (Å²) in [4.78, 5) is 266. The van der Waals surface area contributed by atoms with Crippen molar-refractivity contribution in [2.24, 2.45) is 51.6 Å². The SMILES string of the molecule is CC(=O)O.C[C@H](NC(=O)CNC(=O)[C@@H](NC(=O)[C@H](Cc1ccccc1)NC(=O)CNC(=O)CNC(=O)CNCc1ccccc1)[C@@H](C)O)C(=O)N[C@@H](CCCNC(=N)N)C(=O)N[C@@H](CCCCN)C(=O)N[C@@H](CO)C(=O)N[C@@H](C)C(=O)N[C@@H](CCCNC(=N)N)C(=O)N[C@@H](CCCCN)C(=O)N[C@@H](CCCNC(=N)N)C(=O)N[C@@H](CCCCN)C(=O)N[C@@H](CC(N)=O)C(=O)N[C@@H](CCC(N)=O)C(N)=O. The fraction of sp³-hybridized carbons (Fsp3) is 0.583. The lowest BCUT2D eigenvalue weighted by Crippen LogP contribution is -2.61. The Balaban J connectivity index is 0.0000236. The smallest absolute Gasteiger partial charge is 0.300 e. The van der Waals surface area contributed by atoms with Gasteiger partial charge in [0, 0.05) is 45.9 Å². The number of hydrogen-bond acceptors (Lipinski definition) is 29. The number of hydrogen-bond donors (Lipinski definition) is 35. The zero-order chi connectivity index (χ0) is 105. The van der Waals surface area contributed by atoms with E-state index in [1.54, 1.807) is 30.3 Å². The number of guanidine groups is 3. The summed E-state index contributed by atoms with van der Waals surface area (Å²) in [5, 5.41) is 101. The van der Waals surface area contributed by atoms with Crippen LogP contribution in [0.15, 0.2) is 60.7 Å². The van der Waals surface area contributed by atoms with Gasteiger partial charge in [0.25, 0.3) is 5.97 Å². The number of nitrogens with two attached hydrogens (primary N) is 9. The highest BCUT2D eigenvalue weighted by molar-refractivity contribution is 6.01. The predicted octanol–water partition coefficient (Wildman–Crippen LogP) is -13.0. The monoisotopic (exact) mass is 1970 g/mol. The number of aliphatic hydroxyl groups excluding tert-OH is 2. The van der Waals surface area contributed by atoms with Gasteiger partial charge in [-0.15, -0.1) is 0 Å². The Morgan fingerprint density at radius 1 is 0.331 bits per heavy atom. The average Bonchev–Trinajstić information content (AvgIpc) is 0.860. The highest BCUT2D eigenvalue weighted by Crippen LogP contribution is 2.13. The quantitative estimate of drug-likeness (QED) is 0.0166. The van der Waals surface area contributed by atoms with Crippen molar-refractivity contribution in [1.29, 1.82) is 16.2 Å². The standard InChI is InChI=1S/C82H138N32O21.C2H4O2/c1-45(102-64(121)43-101-79(135)66(47(3)116)114-77(133)57(37-48-19-6-4-7-20-48)104-65(122)42-100-63(120)41-99-62(119)40-95-39-49-21-8-5-9-22-49)68(124)106-54(26-16-34-96-80(89)90)71(127)110-53(25-12-15-33-85)75(131)113-59(44-115)78(134)103-46(2)69(125)107-55(27-17-35-97-81(91)92)72(128)108-51(23-10-13-31-83)70(126)111-56(28-18-36-98-82(93)94)73(129)109-52(24-11-14-32-84)74(130)112-58(38-61(87)118)76(132)105-50(67(88)123)29-30-60(86)117;1-2(3)4/h4-9,19-22,45-47,50-59,66,95,115-116H,10-18,23-44,83-85H2,1-3H3,(H2,86,117)(H2,87,118)(H2,88,123)(H,99,119)(H,100,120)(H,101,135)(H,102,121)(H,103,134)(H,104,122)(H,105,132)(H,106,124)(H,107,125)(H,108,128)(H,109,129)(H,110,127)(H,111,126)(H,112,130)(H,113,131)(H,114,133)(H4,89,90,96)(H4,91,92,97)(H4,93,94,98);1H3,(H,3,4)/t45-,46-,47+,50-,51-,52-,53-,54-,55-,56-,57-,58-,59-,66-;/m0./s1. The number of aliphatic carboxylic acids is 1. The number of amides is 19. The summed E-state index contributed by atoms with van der Waals surface area (Å²) >= 11 is 0. The van der Waals surface area contributed by atoms with Crippen molar-refractivity contribution in [3.8, 4) is 0 Å². The van der Waals surface area contributed by atoms with Crippen LogP contribution in [0.2, 0.25) is 0 Å². The van der Waals surface area contributed by atoms with Crippen molar-refractivity contribution in [3.63, 3.8) is 0 Å². The number of carboxylic acids is 1. The first-order valence-electron chi connectivity index (χ1n) is 45.0. The van der Waals surface area contributed by atoms with Crippen LogP contribution in [0.1, 0.15) is 154 Å². The zero-order valence-corrected chi connectivity index (χ0v) is 78.5. The van der Waals surface area contributed by atoms with E-state index in [9.17, 15) is 101 Å². The molecule has 55 nitrogen and oxygen atoms in total. The molecule has 55 heteroatoms. The predicted molar refractivity (Wildman–Crippen MR) is 503 cm³/mol. The summed E-state index contributed by atoms with van der Waals surface area (Å²) in [5.41, 5.74) is 51.4. The molecule has 2 aromatic carbocycles. The van der Waals surface area contributed by atoms with Crippen molar-refractivity contribution < 1.29 is 111 Å². The highest BCUT2D eigenvalue weighted by atomic mass is 16.4. The number of carbonyl (C=O) groups is 20. The van der Waals surface area contributed by atoms with Crippen molar-refractivity contribution in [2.75, 3.05) is 72.1 Å². The molecule has 0 fully saturated rings. The Morgan fingerprint density at radius 3 is 1.03 bits per heavy atom. The van der Waals surface area contributed by atoms with Gasteiger partial charge in [-0.2, -0.15) is 0 Å². The molecular formula is C84H142N32O23. The normalized spacial score (nSPS) is 13.7. The van der Waals surface area contributed by atoms with Crippen LogP contribution in [0.4, 0.5) is 0 Å². The number of carbonyl (C=O) groups excluding carboxylic acids is 19. The van der Waals surface area contributed by atoms with E-state index < -0.39 is 260 Å². The molecule has 14 atom stereocenters. The molecule has 0 aliphatic rings. The van der Waals surface area contributed by atoms with Crippen molar-refractivity contribution in [1.82, 2.24) is 106 Å². The molecule has 0 aromatic heterocycles. The van der Waals surface area contributed by atoms with Gasteiger partial charge in [-0.1, -0.05) is 60.7 Å². The van der Waals surface area contributed by atoms with Gasteiger partial charge < -0.3 is 173 Å². The van der Waals surface area contributed by atoms with Crippen LogP contribution in [0, 0.1) is 16.2 Å². The van der Waals surface area contributed by atoms with Crippen molar-refractivity contribution >= 4 is 136 Å². The van der Waals surface area contributed by atoms with E-state index in [0.29, 0.717) is 31.4 Å². The molecule has 0 saturated carbocycles. The Hall–Kier alpha value is -14.6. The van der Waals surface area contributed by atoms with E-state index >= 15 is 0 Å². The Labute approximate surface area is 802 Å². The number of rotatable bonds is 69. The van der Waals surface area contributed by atoms with Gasteiger partial charge >= 0.3 is 0 Å². The fourth-order valence-electron chi connectivity index (χ4n) is 12.7. The van der Waals surface area contributed by atoms with E-state index in [0.717, 1.165) is 19.4 Å². The second kappa shape index (κ2) is 69.3. The van der Waals surface area contributed by atoms with Crippen LogP contribution in [0.25, 0.3) is 0 Å². The first kappa shape index (κ1) is 122. The summed E-state index contributed by atoms with van der Waals surface area (Å²) < 4.78 is 0. The minimum Gasteiger partial charge on any atom is -0.481 e. The maximum atomic E-state index is 14.6. The Kier molecular flexibility index (Phi) is 61.0. The largest absolute Gasteiger partial charge is 0.481 e. The first-order chi connectivity index (χ1) is 65.7. The molecule has 44 N–H and O–H groups in total. The van der Waals surface area contributed by atoms with Gasteiger partial charge in [0.15, 0.2) is 17.9 Å². The van der Waals surface area contributed by atoms with Gasteiger partial charge in [-0.05, 0) is 154 Å². The fourth-order valence-corrected chi connectivity index (χ4v) is 12.7. The summed E-state index contributed by atoms with van der Waals surface area (Å²) in [6.07, 6.45) is -3.08. The third-order valence-electron chi connectivity index (χ3n) is 20.1. The number of primary amides is 3. The van der Waals surface area contributed by atoms with Gasteiger partial charge in [-0.3, -0.25) is 112 Å². The number of benzene rings is 2. The molecule has 0 aliphatic heterocycles. The van der Waals surface area contributed by atoms with Gasteiger partial charge in [0.2, 0.25) is 112 Å². The molecule has 19 amide bonds. The molecule has 0 aliphatic carbocycles. The van der Waals surface area contributed by atoms with E-state index in [-0.39, 0.29) is 136 Å². The van der Waals surface area contributed by atoms with Crippen molar-refractivity contribution in [3.05, 3.63) is 71.8 Å². The lowest BCUT2D eigenvalue weighted by molar-refractivity contribution is -0.136. The van der Waals surface area contributed by atoms with Gasteiger partial charge in [0.05, 0.1) is 45.3 Å². The van der Waals surface area contributed by atoms with Crippen LogP contribution >= 0.6 is 0 Å². The topological polar surface area (TPSA) is 948 Å². The Morgan fingerprint density at radius 2 is 0.655 bits per heavy atom. The average molecular weight is 1970 g/mol. The molecule has 2 rings (SSSR count). The second-order valence-corrected chi connectivity index (χ2v) is 32.0. The molecule has 0 spiro atoms. The molecule has 139 heavy (non-hydrogen) atoms.